The average molecular weight is 439 g/mol. The summed E-state index contributed by atoms with van der Waals surface area (Å²) in [6.07, 6.45) is 5.02. The standard InChI is InChI=1S/C21H21N5O4S/c1-31(29,30)19-9-3-2-7-16(19)21(28)26-13-6-12-25(26)20(27)15-24-14-10-18(23-24)17-8-4-5-11-22-17/h2-5,7-11,14H,6,12-13,15H2,1H3. The quantitative estimate of drug-likeness (QED) is 0.598. The van der Waals surface area contributed by atoms with Gasteiger partial charge >= 0.3 is 0 Å². The molecule has 3 heterocycles. The van der Waals surface area contributed by atoms with E-state index >= 15 is 0 Å². The predicted octanol–water partition coefficient (Wildman–Crippen LogP) is 1.64. The Kier molecular flexibility index (Phi) is 5.55. The summed E-state index contributed by atoms with van der Waals surface area (Å²) in [5.74, 6) is -0.820. The van der Waals surface area contributed by atoms with Gasteiger partial charge in [0.1, 0.15) is 12.2 Å². The van der Waals surface area contributed by atoms with E-state index in [2.05, 4.69) is 10.1 Å². The molecule has 1 aromatic carbocycles. The summed E-state index contributed by atoms with van der Waals surface area (Å²) >= 11 is 0. The largest absolute Gasteiger partial charge is 0.273 e. The number of pyridine rings is 1. The van der Waals surface area contributed by atoms with Gasteiger partial charge in [0.25, 0.3) is 11.8 Å². The SMILES string of the molecule is CS(=O)(=O)c1ccccc1C(=O)N1CCCN1C(=O)Cn1ccc(-c2ccccn2)n1. The number of carbonyl (C=O) groups excluding carboxylic acids is 2. The number of rotatable bonds is 5. The molecule has 0 spiro atoms. The van der Waals surface area contributed by atoms with E-state index in [1.54, 1.807) is 30.6 Å². The first-order valence-corrected chi connectivity index (χ1v) is 11.6. The molecular weight excluding hydrogens is 418 g/mol. The van der Waals surface area contributed by atoms with E-state index in [0.717, 1.165) is 6.26 Å². The summed E-state index contributed by atoms with van der Waals surface area (Å²) in [7, 11) is -3.59. The maximum Gasteiger partial charge on any atom is 0.273 e. The number of sulfone groups is 1. The van der Waals surface area contributed by atoms with Crippen LogP contribution in [0.15, 0.2) is 65.8 Å². The maximum atomic E-state index is 13.1. The van der Waals surface area contributed by atoms with Gasteiger partial charge in [0.05, 0.1) is 16.2 Å². The highest BCUT2D eigenvalue weighted by molar-refractivity contribution is 7.90. The van der Waals surface area contributed by atoms with Gasteiger partial charge in [-0.05, 0) is 36.8 Å². The van der Waals surface area contributed by atoms with Gasteiger partial charge < -0.3 is 0 Å². The first kappa shape index (κ1) is 20.7. The van der Waals surface area contributed by atoms with Crippen molar-refractivity contribution < 1.29 is 18.0 Å². The summed E-state index contributed by atoms with van der Waals surface area (Å²) in [6.45, 7) is 0.658. The Morgan fingerprint density at radius 3 is 2.45 bits per heavy atom. The maximum absolute atomic E-state index is 13.1. The molecular formula is C21H21N5O4S. The first-order valence-electron chi connectivity index (χ1n) is 9.71. The van der Waals surface area contributed by atoms with Crippen molar-refractivity contribution in [2.75, 3.05) is 19.3 Å². The van der Waals surface area contributed by atoms with Gasteiger partial charge in [0.15, 0.2) is 9.84 Å². The molecule has 0 unspecified atom stereocenters. The van der Waals surface area contributed by atoms with Crippen molar-refractivity contribution in [1.29, 1.82) is 0 Å². The fourth-order valence-corrected chi connectivity index (χ4v) is 4.39. The van der Waals surface area contributed by atoms with Crippen molar-refractivity contribution in [3.8, 4) is 11.4 Å². The molecule has 0 aliphatic carbocycles. The Hall–Kier alpha value is -3.53. The lowest BCUT2D eigenvalue weighted by molar-refractivity contribution is -0.141. The minimum Gasteiger partial charge on any atom is -0.271 e. The Balaban J connectivity index is 1.52. The Morgan fingerprint density at radius 1 is 0.968 bits per heavy atom. The number of nitrogens with zero attached hydrogens (tertiary/aromatic N) is 5. The second-order valence-corrected chi connectivity index (χ2v) is 9.16. The van der Waals surface area contributed by atoms with Crippen LogP contribution in [0, 0.1) is 0 Å². The molecule has 160 valence electrons. The molecule has 2 amide bonds. The van der Waals surface area contributed by atoms with E-state index in [4.69, 9.17) is 0 Å². The first-order chi connectivity index (χ1) is 14.8. The molecule has 0 N–H and O–H groups in total. The van der Waals surface area contributed by atoms with Crippen LogP contribution in [0.25, 0.3) is 11.4 Å². The van der Waals surface area contributed by atoms with Crippen LogP contribution in [0.1, 0.15) is 16.8 Å². The van der Waals surface area contributed by atoms with Gasteiger partial charge in [-0.3, -0.25) is 19.3 Å². The molecule has 3 aromatic rings. The summed E-state index contributed by atoms with van der Waals surface area (Å²) in [5, 5.41) is 7.07. The van der Waals surface area contributed by atoms with Crippen LogP contribution in [0.4, 0.5) is 0 Å². The second-order valence-electron chi connectivity index (χ2n) is 7.18. The third-order valence-electron chi connectivity index (χ3n) is 4.94. The molecule has 2 aromatic heterocycles. The Bertz CT molecular complexity index is 1220. The van der Waals surface area contributed by atoms with Gasteiger partial charge in [-0.25, -0.2) is 18.4 Å². The molecule has 1 saturated heterocycles. The normalized spacial score (nSPS) is 14.1. The molecule has 1 aliphatic rings. The lowest BCUT2D eigenvalue weighted by Crippen LogP contribution is -2.46. The second kappa shape index (κ2) is 8.31. The van der Waals surface area contributed by atoms with Crippen LogP contribution < -0.4 is 0 Å². The van der Waals surface area contributed by atoms with Crippen molar-refractivity contribution in [2.24, 2.45) is 0 Å². The predicted molar refractivity (Wildman–Crippen MR) is 112 cm³/mol. The molecule has 31 heavy (non-hydrogen) atoms. The number of hydrogen-bond acceptors (Lipinski definition) is 6. The van der Waals surface area contributed by atoms with Crippen molar-refractivity contribution in [3.63, 3.8) is 0 Å². The fraction of sp³-hybridized carbons (Fsp3) is 0.238. The van der Waals surface area contributed by atoms with Gasteiger partial charge in [-0.1, -0.05) is 18.2 Å². The zero-order valence-corrected chi connectivity index (χ0v) is 17.7. The molecule has 0 radical (unpaired) electrons. The highest BCUT2D eigenvalue weighted by Crippen LogP contribution is 2.21. The van der Waals surface area contributed by atoms with Gasteiger partial charge in [-0.15, -0.1) is 0 Å². The number of hydrazine groups is 1. The summed E-state index contributed by atoms with van der Waals surface area (Å²) < 4.78 is 25.7. The topological polar surface area (TPSA) is 105 Å². The average Bonchev–Trinajstić information content (AvgIpc) is 3.43. The number of amides is 2. The third-order valence-corrected chi connectivity index (χ3v) is 6.09. The monoisotopic (exact) mass is 439 g/mol. The molecule has 0 atom stereocenters. The molecule has 0 saturated carbocycles. The number of carbonyl (C=O) groups is 2. The third kappa shape index (κ3) is 4.33. The zero-order valence-electron chi connectivity index (χ0n) is 16.9. The number of hydrogen-bond donors (Lipinski definition) is 0. The minimum atomic E-state index is -3.59. The van der Waals surface area contributed by atoms with Crippen molar-refractivity contribution in [2.45, 2.75) is 17.9 Å². The van der Waals surface area contributed by atoms with Crippen LogP contribution in [-0.2, 0) is 21.2 Å². The zero-order chi connectivity index (χ0) is 22.0. The van der Waals surface area contributed by atoms with Crippen LogP contribution >= 0.6 is 0 Å². The van der Waals surface area contributed by atoms with Crippen LogP contribution in [0.5, 0.6) is 0 Å². The molecule has 0 bridgehead atoms. The lowest BCUT2D eigenvalue weighted by atomic mass is 10.2. The van der Waals surface area contributed by atoms with Crippen molar-refractivity contribution in [1.82, 2.24) is 24.8 Å². The fourth-order valence-electron chi connectivity index (χ4n) is 3.51. The highest BCUT2D eigenvalue weighted by atomic mass is 32.2. The van der Waals surface area contributed by atoms with Crippen LogP contribution in [0.2, 0.25) is 0 Å². The molecule has 1 fully saturated rings. The van der Waals surface area contributed by atoms with Crippen molar-refractivity contribution >= 4 is 21.7 Å². The minimum absolute atomic E-state index is 0.0496. The van der Waals surface area contributed by atoms with E-state index < -0.39 is 15.7 Å². The van der Waals surface area contributed by atoms with E-state index in [9.17, 15) is 18.0 Å². The Labute approximate surface area is 179 Å². The van der Waals surface area contributed by atoms with Crippen LogP contribution in [-0.4, -0.2) is 64.4 Å². The van der Waals surface area contributed by atoms with Crippen LogP contribution in [0.3, 0.4) is 0 Å². The summed E-state index contributed by atoms with van der Waals surface area (Å²) in [4.78, 5) is 30.2. The van der Waals surface area contributed by atoms with E-state index in [1.807, 2.05) is 18.2 Å². The number of benzene rings is 1. The molecule has 10 heteroatoms. The summed E-state index contributed by atoms with van der Waals surface area (Å²) in [6, 6.07) is 13.3. The lowest BCUT2D eigenvalue weighted by Gasteiger charge is -2.28. The van der Waals surface area contributed by atoms with Crippen molar-refractivity contribution in [3.05, 3.63) is 66.5 Å². The van der Waals surface area contributed by atoms with Gasteiger partial charge in [0.2, 0.25) is 0 Å². The Morgan fingerprint density at radius 2 is 1.71 bits per heavy atom. The van der Waals surface area contributed by atoms with Gasteiger partial charge in [-0.2, -0.15) is 5.10 Å². The number of aromatic nitrogens is 3. The van der Waals surface area contributed by atoms with Gasteiger partial charge in [0, 0.05) is 31.7 Å². The molecule has 9 nitrogen and oxygen atoms in total. The highest BCUT2D eigenvalue weighted by Gasteiger charge is 2.33. The van der Waals surface area contributed by atoms with E-state index in [-0.39, 0.29) is 22.9 Å². The van der Waals surface area contributed by atoms with E-state index in [1.165, 1.54) is 26.8 Å². The van der Waals surface area contributed by atoms with E-state index in [0.29, 0.717) is 30.9 Å². The molecule has 1 aliphatic heterocycles. The molecule has 4 rings (SSSR count). The smallest absolute Gasteiger partial charge is 0.271 e. The summed E-state index contributed by atoms with van der Waals surface area (Å²) in [5.41, 5.74) is 1.40.